The number of nitrogens with zero attached hydrogens (tertiary/aromatic N) is 2. The minimum Gasteiger partial charge on any atom is -0.478 e. The van der Waals surface area contributed by atoms with Crippen LogP contribution in [-0.2, 0) is 20.5 Å². The monoisotopic (exact) mass is 520 g/mol. The molecular formula is C32H44N2O4. The number of benzene rings is 2. The topological polar surface area (TPSA) is 79.2 Å². The molecule has 0 unspecified atom stereocenters. The second-order valence-corrected chi connectivity index (χ2v) is 11.7. The number of para-hydroxylation sites is 1. The predicted molar refractivity (Wildman–Crippen MR) is 155 cm³/mol. The van der Waals surface area contributed by atoms with E-state index in [1.165, 1.54) is 54.2 Å². The molecular weight excluding hydrogens is 476 g/mol. The summed E-state index contributed by atoms with van der Waals surface area (Å²) in [5, 5.41) is 13.8. The van der Waals surface area contributed by atoms with Crippen molar-refractivity contribution in [2.24, 2.45) is 5.16 Å². The van der Waals surface area contributed by atoms with Gasteiger partial charge in [0, 0.05) is 5.69 Å². The number of carbonyl (C=O) groups excluding carboxylic acids is 1. The Kier molecular flexibility index (Phi) is 10.1. The van der Waals surface area contributed by atoms with Crippen LogP contribution < -0.4 is 4.90 Å². The molecule has 2 aromatic carbocycles. The summed E-state index contributed by atoms with van der Waals surface area (Å²) in [6.07, 6.45) is 11.4. The minimum absolute atomic E-state index is 0.0303. The Bertz CT molecular complexity index is 1140. The van der Waals surface area contributed by atoms with Crippen LogP contribution in [0.5, 0.6) is 0 Å². The number of unbranched alkanes of at least 4 members (excludes halogenated alkanes) is 6. The molecule has 1 aliphatic rings. The SMILES string of the molecule is CCCCCCCCCON=CC(=O)N(c1ccc2c(c1)C(C)(C)CCC2(C)C)c1ccccc1C(=O)O. The standard InChI is InChI=1S/C32H44N2O4/c1-6-7-8-9-10-11-14-21-38-33-23-29(35)34(28-16-13-12-15-25(28)30(36)37)24-17-18-26-27(22-24)32(4,5)20-19-31(26,2)3/h12-13,15-18,22-23H,6-11,14,19-21H2,1-5H3,(H,36,37). The number of oxime groups is 1. The van der Waals surface area contributed by atoms with Gasteiger partial charge in [0.05, 0.1) is 11.3 Å². The third-order valence-corrected chi connectivity index (χ3v) is 7.77. The fourth-order valence-electron chi connectivity index (χ4n) is 5.27. The summed E-state index contributed by atoms with van der Waals surface area (Å²) >= 11 is 0. The molecule has 1 N–H and O–H groups in total. The van der Waals surface area contributed by atoms with Crippen LogP contribution in [0, 0.1) is 0 Å². The molecule has 38 heavy (non-hydrogen) atoms. The van der Waals surface area contributed by atoms with Gasteiger partial charge in [0.2, 0.25) is 0 Å². The first-order valence-electron chi connectivity index (χ1n) is 14.1. The Labute approximate surface area is 228 Å². The molecule has 2 aromatic rings. The van der Waals surface area contributed by atoms with Gasteiger partial charge < -0.3 is 9.94 Å². The maximum atomic E-state index is 13.5. The van der Waals surface area contributed by atoms with Gasteiger partial charge in [-0.25, -0.2) is 4.79 Å². The van der Waals surface area contributed by atoms with Crippen LogP contribution in [-0.4, -0.2) is 29.8 Å². The lowest BCUT2D eigenvalue weighted by Gasteiger charge is -2.42. The van der Waals surface area contributed by atoms with Crippen molar-refractivity contribution < 1.29 is 19.5 Å². The van der Waals surface area contributed by atoms with E-state index in [-0.39, 0.29) is 16.4 Å². The smallest absolute Gasteiger partial charge is 0.337 e. The average Bonchev–Trinajstić information content (AvgIpc) is 2.88. The van der Waals surface area contributed by atoms with Gasteiger partial charge in [-0.2, -0.15) is 0 Å². The van der Waals surface area contributed by atoms with Crippen LogP contribution in [0.15, 0.2) is 47.6 Å². The largest absolute Gasteiger partial charge is 0.478 e. The summed E-state index contributed by atoms with van der Waals surface area (Å²) < 4.78 is 0. The summed E-state index contributed by atoms with van der Waals surface area (Å²) in [5.41, 5.74) is 3.39. The van der Waals surface area contributed by atoms with Crippen LogP contribution in [0.1, 0.15) is 114 Å². The summed E-state index contributed by atoms with van der Waals surface area (Å²) in [7, 11) is 0. The first kappa shape index (κ1) is 29.4. The van der Waals surface area contributed by atoms with Gasteiger partial charge in [-0.05, 0) is 71.9 Å². The van der Waals surface area contributed by atoms with Gasteiger partial charge in [-0.1, -0.05) is 90.1 Å². The lowest BCUT2D eigenvalue weighted by molar-refractivity contribution is -0.111. The highest BCUT2D eigenvalue weighted by atomic mass is 16.6. The van der Waals surface area contributed by atoms with Gasteiger partial charge in [0.15, 0.2) is 0 Å². The first-order chi connectivity index (χ1) is 18.1. The Hall–Kier alpha value is -3.15. The highest BCUT2D eigenvalue weighted by molar-refractivity contribution is 6.35. The molecule has 0 aliphatic heterocycles. The van der Waals surface area contributed by atoms with E-state index < -0.39 is 11.9 Å². The molecule has 1 aliphatic carbocycles. The quantitative estimate of drug-likeness (QED) is 0.164. The van der Waals surface area contributed by atoms with Gasteiger partial charge >= 0.3 is 5.97 Å². The van der Waals surface area contributed by atoms with E-state index in [4.69, 9.17) is 4.84 Å². The fourth-order valence-corrected chi connectivity index (χ4v) is 5.27. The van der Waals surface area contributed by atoms with E-state index in [2.05, 4.69) is 45.8 Å². The van der Waals surface area contributed by atoms with Crippen molar-refractivity contribution in [3.05, 3.63) is 59.2 Å². The maximum Gasteiger partial charge on any atom is 0.337 e. The number of anilines is 2. The third-order valence-electron chi connectivity index (χ3n) is 7.77. The van der Waals surface area contributed by atoms with Crippen molar-refractivity contribution >= 4 is 29.5 Å². The Morgan fingerprint density at radius 3 is 2.24 bits per heavy atom. The number of hydrogen-bond donors (Lipinski definition) is 1. The predicted octanol–water partition coefficient (Wildman–Crippen LogP) is 8.15. The van der Waals surface area contributed by atoms with Crippen molar-refractivity contribution in [2.75, 3.05) is 11.5 Å². The van der Waals surface area contributed by atoms with Crippen LogP contribution in [0.3, 0.4) is 0 Å². The summed E-state index contributed by atoms with van der Waals surface area (Å²) in [5.74, 6) is -1.55. The highest BCUT2D eigenvalue weighted by Crippen LogP contribution is 2.47. The number of fused-ring (bicyclic) bond motifs is 1. The van der Waals surface area contributed by atoms with Crippen molar-refractivity contribution in [3.8, 4) is 0 Å². The molecule has 0 saturated heterocycles. The number of carboxylic acid groups (broad SMARTS) is 1. The lowest BCUT2D eigenvalue weighted by atomic mass is 9.63. The molecule has 6 heteroatoms. The molecule has 0 heterocycles. The number of carbonyl (C=O) groups is 2. The lowest BCUT2D eigenvalue weighted by Crippen LogP contribution is -2.35. The maximum absolute atomic E-state index is 13.5. The molecule has 0 radical (unpaired) electrons. The molecule has 0 saturated carbocycles. The normalized spacial score (nSPS) is 15.7. The number of rotatable bonds is 13. The summed E-state index contributed by atoms with van der Waals surface area (Å²) in [6.45, 7) is 11.6. The molecule has 1 amide bonds. The second-order valence-electron chi connectivity index (χ2n) is 11.7. The van der Waals surface area contributed by atoms with Crippen molar-refractivity contribution in [1.29, 1.82) is 0 Å². The Balaban J connectivity index is 1.84. The number of amides is 1. The highest BCUT2D eigenvalue weighted by Gasteiger charge is 2.37. The van der Waals surface area contributed by atoms with E-state index in [0.29, 0.717) is 18.0 Å². The zero-order chi connectivity index (χ0) is 27.8. The van der Waals surface area contributed by atoms with E-state index in [0.717, 1.165) is 31.9 Å². The number of aromatic carboxylic acids is 1. The van der Waals surface area contributed by atoms with Crippen molar-refractivity contribution in [3.63, 3.8) is 0 Å². The third kappa shape index (κ3) is 7.24. The minimum atomic E-state index is -1.09. The molecule has 6 nitrogen and oxygen atoms in total. The van der Waals surface area contributed by atoms with E-state index in [1.54, 1.807) is 18.2 Å². The zero-order valence-electron chi connectivity index (χ0n) is 23.8. The number of hydrogen-bond acceptors (Lipinski definition) is 4. The molecule has 206 valence electrons. The summed E-state index contributed by atoms with van der Waals surface area (Å²) in [4.78, 5) is 32.4. The average molecular weight is 521 g/mol. The van der Waals surface area contributed by atoms with E-state index in [9.17, 15) is 14.7 Å². The molecule has 0 aromatic heterocycles. The van der Waals surface area contributed by atoms with E-state index in [1.807, 2.05) is 12.1 Å². The van der Waals surface area contributed by atoms with Gasteiger partial charge in [0.25, 0.3) is 5.91 Å². The molecule has 0 atom stereocenters. The van der Waals surface area contributed by atoms with E-state index >= 15 is 0 Å². The van der Waals surface area contributed by atoms with Gasteiger partial charge in [-0.3, -0.25) is 9.69 Å². The van der Waals surface area contributed by atoms with Gasteiger partial charge in [0.1, 0.15) is 12.8 Å². The molecule has 0 fully saturated rings. The van der Waals surface area contributed by atoms with Gasteiger partial charge in [-0.15, -0.1) is 0 Å². The Morgan fingerprint density at radius 2 is 1.55 bits per heavy atom. The Morgan fingerprint density at radius 1 is 0.921 bits per heavy atom. The number of carboxylic acids is 1. The first-order valence-corrected chi connectivity index (χ1v) is 14.1. The molecule has 3 rings (SSSR count). The van der Waals surface area contributed by atoms with Crippen molar-refractivity contribution in [2.45, 2.75) is 103 Å². The molecule has 0 spiro atoms. The van der Waals surface area contributed by atoms with Crippen LogP contribution >= 0.6 is 0 Å². The second kappa shape index (κ2) is 13.1. The fraction of sp³-hybridized carbons (Fsp3) is 0.531. The zero-order valence-corrected chi connectivity index (χ0v) is 23.8. The van der Waals surface area contributed by atoms with Crippen LogP contribution in [0.25, 0.3) is 0 Å². The van der Waals surface area contributed by atoms with Crippen LogP contribution in [0.2, 0.25) is 0 Å². The molecule has 0 bridgehead atoms. The van der Waals surface area contributed by atoms with Crippen LogP contribution in [0.4, 0.5) is 11.4 Å². The summed E-state index contributed by atoms with van der Waals surface area (Å²) in [6, 6.07) is 12.6. The van der Waals surface area contributed by atoms with Crippen molar-refractivity contribution in [1.82, 2.24) is 0 Å².